The summed E-state index contributed by atoms with van der Waals surface area (Å²) < 4.78 is 51.5. The fourth-order valence-corrected chi connectivity index (χ4v) is 4.30. The summed E-state index contributed by atoms with van der Waals surface area (Å²) in [5.74, 6) is 0.640. The number of halogens is 3. The van der Waals surface area contributed by atoms with Crippen molar-refractivity contribution in [3.63, 3.8) is 0 Å². The molecule has 1 aliphatic rings. The summed E-state index contributed by atoms with van der Waals surface area (Å²) in [7, 11) is 5.44. The van der Waals surface area contributed by atoms with E-state index in [0.717, 1.165) is 30.7 Å². The molecule has 0 bridgehead atoms. The standard InChI is InChI=1S/C28H30F3N3O3/c1-33(2)16-15-25(19-7-5-4-6-8-19)37-23-13-11-22(12-14-23)32-27(35)34-24-18-21(28(29,30)31)10-9-20(24)17-26(34)36-3/h4-14,18,25-26H,15-17H2,1-3H3,(H,32,35). The Morgan fingerprint density at radius 3 is 2.41 bits per heavy atom. The Morgan fingerprint density at radius 1 is 1.08 bits per heavy atom. The lowest BCUT2D eigenvalue weighted by Crippen LogP contribution is -2.41. The fraction of sp³-hybridized carbons (Fsp3) is 0.321. The number of nitrogens with zero attached hydrogens (tertiary/aromatic N) is 2. The number of methoxy groups -OCH3 is 1. The van der Waals surface area contributed by atoms with Crippen LogP contribution in [0.4, 0.5) is 29.3 Å². The molecule has 2 atom stereocenters. The average Bonchev–Trinajstić information content (AvgIpc) is 3.25. The van der Waals surface area contributed by atoms with E-state index in [1.807, 2.05) is 44.4 Å². The third-order valence-corrected chi connectivity index (χ3v) is 6.24. The molecule has 0 saturated heterocycles. The van der Waals surface area contributed by atoms with Crippen LogP contribution in [0.15, 0.2) is 72.8 Å². The number of carbonyl (C=O) groups excluding carboxylic acids is 1. The Hall–Kier alpha value is -3.56. The minimum atomic E-state index is -4.51. The second-order valence-corrected chi connectivity index (χ2v) is 9.17. The van der Waals surface area contributed by atoms with Gasteiger partial charge in [-0.2, -0.15) is 13.2 Å². The average molecular weight is 514 g/mol. The van der Waals surface area contributed by atoms with Crippen molar-refractivity contribution in [1.82, 2.24) is 4.90 Å². The van der Waals surface area contributed by atoms with E-state index in [4.69, 9.17) is 9.47 Å². The molecule has 2 amide bonds. The molecule has 0 radical (unpaired) electrons. The molecule has 0 aromatic heterocycles. The van der Waals surface area contributed by atoms with Crippen LogP contribution in [-0.4, -0.2) is 44.9 Å². The lowest BCUT2D eigenvalue weighted by molar-refractivity contribution is -0.137. The Morgan fingerprint density at radius 2 is 1.78 bits per heavy atom. The number of hydrogen-bond acceptors (Lipinski definition) is 4. The maximum atomic E-state index is 13.3. The predicted molar refractivity (Wildman–Crippen MR) is 137 cm³/mol. The van der Waals surface area contributed by atoms with E-state index in [-0.39, 0.29) is 11.8 Å². The number of alkyl halides is 3. The number of nitrogens with one attached hydrogen (secondary N) is 1. The molecule has 1 heterocycles. The molecule has 0 fully saturated rings. The normalized spacial score (nSPS) is 16.0. The van der Waals surface area contributed by atoms with Crippen molar-refractivity contribution < 1.29 is 27.4 Å². The minimum Gasteiger partial charge on any atom is -0.486 e. The first-order valence-electron chi connectivity index (χ1n) is 11.9. The zero-order valence-electron chi connectivity index (χ0n) is 21.0. The molecule has 3 aromatic rings. The first kappa shape index (κ1) is 26.5. The summed E-state index contributed by atoms with van der Waals surface area (Å²) in [5.41, 5.74) is 1.54. The maximum absolute atomic E-state index is 13.3. The first-order chi connectivity index (χ1) is 17.7. The fourth-order valence-electron chi connectivity index (χ4n) is 4.30. The van der Waals surface area contributed by atoms with Crippen LogP contribution < -0.4 is 15.0 Å². The maximum Gasteiger partial charge on any atom is 0.416 e. The number of benzene rings is 3. The highest BCUT2D eigenvalue weighted by Crippen LogP contribution is 2.38. The highest BCUT2D eigenvalue weighted by atomic mass is 19.4. The summed E-state index contributed by atoms with van der Waals surface area (Å²) in [6.45, 7) is 0.849. The van der Waals surface area contributed by atoms with Gasteiger partial charge in [0.15, 0.2) is 0 Å². The van der Waals surface area contributed by atoms with E-state index in [0.29, 0.717) is 23.4 Å². The van der Waals surface area contributed by atoms with Crippen LogP contribution in [0.3, 0.4) is 0 Å². The quantitative estimate of drug-likeness (QED) is 0.382. The van der Waals surface area contributed by atoms with Crippen LogP contribution in [0.2, 0.25) is 0 Å². The van der Waals surface area contributed by atoms with Crippen molar-refractivity contribution in [3.05, 3.63) is 89.5 Å². The number of amides is 2. The van der Waals surface area contributed by atoms with Crippen molar-refractivity contribution in [2.45, 2.75) is 31.3 Å². The Kier molecular flexibility index (Phi) is 8.04. The zero-order chi connectivity index (χ0) is 26.6. The molecule has 2 unspecified atom stereocenters. The van der Waals surface area contributed by atoms with Crippen molar-refractivity contribution in [1.29, 1.82) is 0 Å². The second kappa shape index (κ2) is 11.2. The SMILES string of the molecule is COC1Cc2ccc(C(F)(F)F)cc2N1C(=O)Nc1ccc(OC(CCN(C)C)c2ccccc2)cc1. The Balaban J connectivity index is 1.48. The lowest BCUT2D eigenvalue weighted by atomic mass is 10.1. The molecule has 9 heteroatoms. The van der Waals surface area contributed by atoms with Crippen LogP contribution >= 0.6 is 0 Å². The van der Waals surface area contributed by atoms with Crippen molar-refractivity contribution >= 4 is 17.4 Å². The van der Waals surface area contributed by atoms with E-state index in [9.17, 15) is 18.0 Å². The lowest BCUT2D eigenvalue weighted by Gasteiger charge is -2.25. The summed E-state index contributed by atoms with van der Waals surface area (Å²) in [5, 5.41) is 2.76. The van der Waals surface area contributed by atoms with Gasteiger partial charge in [0.1, 0.15) is 18.1 Å². The van der Waals surface area contributed by atoms with Crippen molar-refractivity contribution in [2.24, 2.45) is 0 Å². The molecule has 6 nitrogen and oxygen atoms in total. The molecule has 0 aliphatic carbocycles. The van der Waals surface area contributed by atoms with Gasteiger partial charge in [-0.25, -0.2) is 4.79 Å². The van der Waals surface area contributed by atoms with Gasteiger partial charge in [-0.3, -0.25) is 4.90 Å². The molecule has 37 heavy (non-hydrogen) atoms. The topological polar surface area (TPSA) is 54.0 Å². The monoisotopic (exact) mass is 513 g/mol. The Labute approximate surface area is 214 Å². The summed E-state index contributed by atoms with van der Waals surface area (Å²) >= 11 is 0. The van der Waals surface area contributed by atoms with Gasteiger partial charge in [-0.1, -0.05) is 36.4 Å². The molecule has 4 rings (SSSR count). The summed E-state index contributed by atoms with van der Waals surface area (Å²) in [4.78, 5) is 16.4. The van der Waals surface area contributed by atoms with Gasteiger partial charge >= 0.3 is 12.2 Å². The van der Waals surface area contributed by atoms with E-state index in [1.165, 1.54) is 18.1 Å². The van der Waals surface area contributed by atoms with E-state index < -0.39 is 24.0 Å². The minimum absolute atomic E-state index is 0.143. The van der Waals surface area contributed by atoms with Gasteiger partial charge in [-0.15, -0.1) is 0 Å². The van der Waals surface area contributed by atoms with E-state index in [1.54, 1.807) is 24.3 Å². The van der Waals surface area contributed by atoms with Crippen LogP contribution in [-0.2, 0) is 17.3 Å². The van der Waals surface area contributed by atoms with Gasteiger partial charge in [0.25, 0.3) is 0 Å². The van der Waals surface area contributed by atoms with Crippen LogP contribution in [0.1, 0.15) is 29.2 Å². The first-order valence-corrected chi connectivity index (χ1v) is 11.9. The highest BCUT2D eigenvalue weighted by molar-refractivity contribution is 6.03. The van der Waals surface area contributed by atoms with Gasteiger partial charge in [0, 0.05) is 32.2 Å². The molecule has 1 N–H and O–H groups in total. The molecule has 0 saturated carbocycles. The predicted octanol–water partition coefficient (Wildman–Crippen LogP) is 6.34. The summed E-state index contributed by atoms with van der Waals surface area (Å²) in [6.07, 6.45) is -4.26. The molecule has 196 valence electrons. The van der Waals surface area contributed by atoms with Crippen LogP contribution in [0, 0.1) is 0 Å². The van der Waals surface area contributed by atoms with Gasteiger partial charge in [0.2, 0.25) is 0 Å². The number of rotatable bonds is 8. The zero-order valence-corrected chi connectivity index (χ0v) is 21.0. The number of carbonyl (C=O) groups is 1. The van der Waals surface area contributed by atoms with Gasteiger partial charge in [0.05, 0.1) is 11.3 Å². The largest absolute Gasteiger partial charge is 0.486 e. The van der Waals surface area contributed by atoms with Crippen LogP contribution in [0.5, 0.6) is 5.75 Å². The molecule has 1 aliphatic heterocycles. The number of urea groups is 1. The van der Waals surface area contributed by atoms with Crippen molar-refractivity contribution in [2.75, 3.05) is 38.0 Å². The molecule has 0 spiro atoms. The smallest absolute Gasteiger partial charge is 0.416 e. The van der Waals surface area contributed by atoms with Crippen molar-refractivity contribution in [3.8, 4) is 5.75 Å². The van der Waals surface area contributed by atoms with Gasteiger partial charge < -0.3 is 19.7 Å². The Bertz CT molecular complexity index is 1200. The number of anilines is 2. The van der Waals surface area contributed by atoms with Crippen LogP contribution in [0.25, 0.3) is 0 Å². The summed E-state index contributed by atoms with van der Waals surface area (Å²) in [6, 6.07) is 19.7. The third kappa shape index (κ3) is 6.42. The number of hydrogen-bond donors (Lipinski definition) is 1. The van der Waals surface area contributed by atoms with E-state index in [2.05, 4.69) is 10.2 Å². The molecular weight excluding hydrogens is 483 g/mol. The van der Waals surface area contributed by atoms with Gasteiger partial charge in [-0.05, 0) is 61.6 Å². The molecule has 3 aromatic carbocycles. The number of fused-ring (bicyclic) bond motifs is 1. The third-order valence-electron chi connectivity index (χ3n) is 6.24. The number of ether oxygens (including phenoxy) is 2. The highest BCUT2D eigenvalue weighted by Gasteiger charge is 2.38. The van der Waals surface area contributed by atoms with E-state index >= 15 is 0 Å². The second-order valence-electron chi connectivity index (χ2n) is 9.17. The molecular formula is C28H30F3N3O3.